The number of nitrogens with one attached hydrogen (secondary N) is 2. The molecule has 0 radical (unpaired) electrons. The summed E-state index contributed by atoms with van der Waals surface area (Å²) in [7, 11) is 0. The highest BCUT2D eigenvalue weighted by Crippen LogP contribution is 2.08. The third-order valence-electron chi connectivity index (χ3n) is 1.59. The van der Waals surface area contributed by atoms with Crippen LogP contribution in [0.1, 0.15) is 6.92 Å². The largest absolute Gasteiger partial charge is 0.325 e. The van der Waals surface area contributed by atoms with Crippen molar-refractivity contribution >= 4 is 11.6 Å². The van der Waals surface area contributed by atoms with E-state index < -0.39 is 0 Å². The lowest BCUT2D eigenvalue weighted by atomic mass is 10.3. The zero-order valence-corrected chi connectivity index (χ0v) is 8.42. The third-order valence-corrected chi connectivity index (χ3v) is 1.59. The predicted molar refractivity (Wildman–Crippen MR) is 54.7 cm³/mol. The molecule has 0 fully saturated rings. The molecule has 0 saturated heterocycles. The van der Waals surface area contributed by atoms with Gasteiger partial charge in [-0.2, -0.15) is 5.48 Å². The lowest BCUT2D eigenvalue weighted by Crippen LogP contribution is -2.28. The van der Waals surface area contributed by atoms with E-state index in [4.69, 9.17) is 4.84 Å². The van der Waals surface area contributed by atoms with Crippen LogP contribution in [0.25, 0.3) is 0 Å². The van der Waals surface area contributed by atoms with Gasteiger partial charge in [0, 0.05) is 5.69 Å². The van der Waals surface area contributed by atoms with Gasteiger partial charge in [0.25, 0.3) is 0 Å². The fourth-order valence-electron chi connectivity index (χ4n) is 0.990. The van der Waals surface area contributed by atoms with Crippen molar-refractivity contribution < 1.29 is 14.0 Å². The summed E-state index contributed by atoms with van der Waals surface area (Å²) in [4.78, 5) is 16.0. The summed E-state index contributed by atoms with van der Waals surface area (Å²) in [6, 6.07) is 5.70. The molecule has 0 heterocycles. The first-order valence-electron chi connectivity index (χ1n) is 4.62. The molecule has 5 heteroatoms. The molecule has 1 aromatic carbocycles. The monoisotopic (exact) mass is 212 g/mol. The minimum absolute atomic E-state index is 0.0321. The molecule has 15 heavy (non-hydrogen) atoms. The first kappa shape index (κ1) is 11.6. The first-order chi connectivity index (χ1) is 7.22. The zero-order valence-electron chi connectivity index (χ0n) is 8.42. The Kier molecular flexibility index (Phi) is 4.73. The van der Waals surface area contributed by atoms with Gasteiger partial charge in [-0.3, -0.25) is 4.79 Å². The van der Waals surface area contributed by atoms with Gasteiger partial charge >= 0.3 is 0 Å². The lowest BCUT2D eigenvalue weighted by molar-refractivity contribution is -0.117. The predicted octanol–water partition coefficient (Wildman–Crippen LogP) is 1.31. The number of rotatable bonds is 5. The molecule has 4 nitrogen and oxygen atoms in total. The number of benzene rings is 1. The Morgan fingerprint density at radius 2 is 2.33 bits per heavy atom. The maximum atomic E-state index is 12.7. The summed E-state index contributed by atoms with van der Waals surface area (Å²) in [5, 5.41) is 2.52. The number of amides is 1. The minimum Gasteiger partial charge on any atom is -0.325 e. The molecule has 0 saturated carbocycles. The van der Waals surface area contributed by atoms with Crippen molar-refractivity contribution in [2.24, 2.45) is 0 Å². The Bertz CT molecular complexity index is 331. The number of hydroxylamine groups is 1. The van der Waals surface area contributed by atoms with Crippen LogP contribution < -0.4 is 10.8 Å². The van der Waals surface area contributed by atoms with Gasteiger partial charge in [-0.25, -0.2) is 4.39 Å². The number of carbonyl (C=O) groups is 1. The normalized spacial score (nSPS) is 10.0. The van der Waals surface area contributed by atoms with E-state index in [2.05, 4.69) is 10.8 Å². The van der Waals surface area contributed by atoms with E-state index in [9.17, 15) is 9.18 Å². The van der Waals surface area contributed by atoms with Crippen molar-refractivity contribution in [2.75, 3.05) is 18.5 Å². The summed E-state index contributed by atoms with van der Waals surface area (Å²) in [6.07, 6.45) is 0. The van der Waals surface area contributed by atoms with Gasteiger partial charge < -0.3 is 10.2 Å². The van der Waals surface area contributed by atoms with Crippen molar-refractivity contribution in [3.8, 4) is 0 Å². The van der Waals surface area contributed by atoms with Crippen LogP contribution >= 0.6 is 0 Å². The molecule has 0 atom stereocenters. The van der Waals surface area contributed by atoms with Crippen LogP contribution in [-0.2, 0) is 9.63 Å². The maximum Gasteiger partial charge on any atom is 0.240 e. The maximum absolute atomic E-state index is 12.7. The van der Waals surface area contributed by atoms with Crippen LogP contribution in [0.2, 0.25) is 0 Å². The van der Waals surface area contributed by atoms with E-state index >= 15 is 0 Å². The third kappa shape index (κ3) is 4.53. The molecule has 2 N–H and O–H groups in total. The van der Waals surface area contributed by atoms with Gasteiger partial charge in [0.05, 0.1) is 6.61 Å². The van der Waals surface area contributed by atoms with Crippen molar-refractivity contribution in [3.63, 3.8) is 0 Å². The van der Waals surface area contributed by atoms with Crippen LogP contribution in [-0.4, -0.2) is 19.1 Å². The molecule has 0 aliphatic rings. The van der Waals surface area contributed by atoms with Crippen LogP contribution in [0.4, 0.5) is 10.1 Å². The molecule has 0 bridgehead atoms. The lowest BCUT2D eigenvalue weighted by Gasteiger charge is -2.05. The summed E-state index contributed by atoms with van der Waals surface area (Å²) in [5.74, 6) is -0.667. The van der Waals surface area contributed by atoms with E-state index in [1.165, 1.54) is 18.2 Å². The Labute approximate surface area is 87.4 Å². The van der Waals surface area contributed by atoms with Gasteiger partial charge in [0.2, 0.25) is 5.91 Å². The fourth-order valence-corrected chi connectivity index (χ4v) is 0.990. The Hall–Kier alpha value is -1.46. The Morgan fingerprint density at radius 3 is 3.00 bits per heavy atom. The average molecular weight is 212 g/mol. The zero-order chi connectivity index (χ0) is 11.1. The highest BCUT2D eigenvalue weighted by molar-refractivity contribution is 5.92. The van der Waals surface area contributed by atoms with Crippen LogP contribution in [0.5, 0.6) is 0 Å². The average Bonchev–Trinajstić information content (AvgIpc) is 2.18. The molecular formula is C10H13FN2O2. The number of anilines is 1. The van der Waals surface area contributed by atoms with Gasteiger partial charge in [-0.1, -0.05) is 6.07 Å². The van der Waals surface area contributed by atoms with E-state index in [1.807, 2.05) is 0 Å². The van der Waals surface area contributed by atoms with Gasteiger partial charge in [-0.05, 0) is 25.1 Å². The molecule has 1 amide bonds. The van der Waals surface area contributed by atoms with E-state index in [0.717, 1.165) is 0 Å². The van der Waals surface area contributed by atoms with Crippen molar-refractivity contribution in [3.05, 3.63) is 30.1 Å². The van der Waals surface area contributed by atoms with Crippen LogP contribution in [0.15, 0.2) is 24.3 Å². The highest BCUT2D eigenvalue weighted by Gasteiger charge is 2.01. The molecule has 0 unspecified atom stereocenters. The fraction of sp³-hybridized carbons (Fsp3) is 0.300. The van der Waals surface area contributed by atoms with Crippen LogP contribution in [0, 0.1) is 5.82 Å². The molecule has 0 aliphatic carbocycles. The standard InChI is InChI=1S/C10H13FN2O2/c1-2-15-12-7-10(14)13-9-5-3-4-8(11)6-9/h3-6,12H,2,7H2,1H3,(H,13,14). The molecule has 0 aliphatic heterocycles. The molecular weight excluding hydrogens is 199 g/mol. The Morgan fingerprint density at radius 1 is 1.53 bits per heavy atom. The second-order valence-corrected chi connectivity index (χ2v) is 2.81. The Balaban J connectivity index is 2.37. The van der Waals surface area contributed by atoms with Gasteiger partial charge in [0.1, 0.15) is 12.4 Å². The summed E-state index contributed by atoms with van der Waals surface area (Å²) in [5.41, 5.74) is 2.89. The summed E-state index contributed by atoms with van der Waals surface area (Å²) in [6.45, 7) is 2.31. The topological polar surface area (TPSA) is 50.4 Å². The highest BCUT2D eigenvalue weighted by atomic mass is 19.1. The number of carbonyl (C=O) groups excluding carboxylic acids is 1. The minimum atomic E-state index is -0.384. The molecule has 0 spiro atoms. The summed E-state index contributed by atoms with van der Waals surface area (Å²) < 4.78 is 12.7. The quantitative estimate of drug-likeness (QED) is 0.571. The van der Waals surface area contributed by atoms with E-state index in [1.54, 1.807) is 13.0 Å². The molecule has 82 valence electrons. The number of halogens is 1. The van der Waals surface area contributed by atoms with Crippen molar-refractivity contribution in [1.29, 1.82) is 0 Å². The van der Waals surface area contributed by atoms with Gasteiger partial charge in [-0.15, -0.1) is 0 Å². The smallest absolute Gasteiger partial charge is 0.240 e. The second-order valence-electron chi connectivity index (χ2n) is 2.81. The SMILES string of the molecule is CCONCC(=O)Nc1cccc(F)c1. The summed E-state index contributed by atoms with van der Waals surface area (Å²) >= 11 is 0. The van der Waals surface area contributed by atoms with Crippen LogP contribution in [0.3, 0.4) is 0 Å². The molecule has 1 aromatic rings. The number of hydrogen-bond donors (Lipinski definition) is 2. The van der Waals surface area contributed by atoms with Gasteiger partial charge in [0.15, 0.2) is 0 Å². The molecule has 0 aromatic heterocycles. The van der Waals surface area contributed by atoms with Crippen molar-refractivity contribution in [1.82, 2.24) is 5.48 Å². The van der Waals surface area contributed by atoms with Crippen molar-refractivity contribution in [2.45, 2.75) is 6.92 Å². The second kappa shape index (κ2) is 6.10. The van der Waals surface area contributed by atoms with E-state index in [0.29, 0.717) is 12.3 Å². The number of hydrogen-bond acceptors (Lipinski definition) is 3. The first-order valence-corrected chi connectivity index (χ1v) is 4.62. The molecule has 1 rings (SSSR count). The van der Waals surface area contributed by atoms with E-state index in [-0.39, 0.29) is 18.3 Å².